The molecule has 2 aliphatic heterocycles. The molecule has 2 atom stereocenters. The van der Waals surface area contributed by atoms with Gasteiger partial charge in [-0.1, -0.05) is 6.07 Å². The van der Waals surface area contributed by atoms with Crippen molar-refractivity contribution in [2.75, 3.05) is 13.1 Å². The van der Waals surface area contributed by atoms with Gasteiger partial charge in [-0.05, 0) is 31.2 Å². The Labute approximate surface area is 118 Å². The van der Waals surface area contributed by atoms with Gasteiger partial charge < -0.3 is 4.57 Å². The zero-order valence-corrected chi connectivity index (χ0v) is 12.1. The summed E-state index contributed by atoms with van der Waals surface area (Å²) < 4.78 is 28.3. The first-order chi connectivity index (χ1) is 9.55. The van der Waals surface area contributed by atoms with Crippen LogP contribution in [-0.4, -0.2) is 35.6 Å². The van der Waals surface area contributed by atoms with Crippen molar-refractivity contribution in [1.82, 2.24) is 8.87 Å². The molecule has 108 valence electrons. The molecule has 4 rings (SSSR count). The van der Waals surface area contributed by atoms with Crippen LogP contribution in [0.5, 0.6) is 0 Å². The molecular formula is C14H18N2O3S. The van der Waals surface area contributed by atoms with Gasteiger partial charge in [0.05, 0.1) is 5.25 Å². The summed E-state index contributed by atoms with van der Waals surface area (Å²) in [6, 6.07) is 5.33. The van der Waals surface area contributed by atoms with E-state index in [9.17, 15) is 13.2 Å². The lowest BCUT2D eigenvalue weighted by molar-refractivity contribution is 0.186. The van der Waals surface area contributed by atoms with Gasteiger partial charge in [-0.3, -0.25) is 4.79 Å². The lowest BCUT2D eigenvalue weighted by atomic mass is 9.84. The number of hydrogen-bond donors (Lipinski definition) is 0. The maximum Gasteiger partial charge on any atom is 0.250 e. The van der Waals surface area contributed by atoms with Gasteiger partial charge >= 0.3 is 0 Å². The second-order valence-corrected chi connectivity index (χ2v) is 8.47. The van der Waals surface area contributed by atoms with Crippen molar-refractivity contribution in [3.05, 3.63) is 34.2 Å². The summed E-state index contributed by atoms with van der Waals surface area (Å²) in [6.07, 6.45) is 2.62. The first-order valence-electron chi connectivity index (χ1n) is 7.24. The van der Waals surface area contributed by atoms with Crippen LogP contribution in [0, 0.1) is 5.92 Å². The Bertz CT molecular complexity index is 705. The number of hydrogen-bond acceptors (Lipinski definition) is 3. The number of rotatable bonds is 2. The minimum atomic E-state index is -3.10. The van der Waals surface area contributed by atoms with Crippen molar-refractivity contribution >= 4 is 10.0 Å². The predicted molar refractivity (Wildman–Crippen MR) is 75.1 cm³/mol. The summed E-state index contributed by atoms with van der Waals surface area (Å²) in [5.41, 5.74) is 1.04. The van der Waals surface area contributed by atoms with Crippen molar-refractivity contribution in [3.63, 3.8) is 0 Å². The smallest absolute Gasteiger partial charge is 0.250 e. The standard InChI is InChI=1S/C14H18N2O3S/c17-14-3-1-2-13-11-6-10(8-16(13)14)7-15(9-11)20(18,19)12-4-5-12/h1-3,10-12H,4-9H2/t10-,11-/m0/s1. The third kappa shape index (κ3) is 1.85. The topological polar surface area (TPSA) is 59.4 Å². The molecule has 2 fully saturated rings. The highest BCUT2D eigenvalue weighted by atomic mass is 32.2. The van der Waals surface area contributed by atoms with Crippen molar-refractivity contribution < 1.29 is 8.42 Å². The van der Waals surface area contributed by atoms with Crippen LogP contribution in [0.25, 0.3) is 0 Å². The molecule has 1 saturated heterocycles. The molecule has 0 unspecified atom stereocenters. The highest BCUT2D eigenvalue weighted by molar-refractivity contribution is 7.90. The van der Waals surface area contributed by atoms with Gasteiger partial charge in [-0.2, -0.15) is 0 Å². The Balaban J connectivity index is 1.70. The van der Waals surface area contributed by atoms with Crippen LogP contribution in [0.4, 0.5) is 0 Å². The Morgan fingerprint density at radius 2 is 1.90 bits per heavy atom. The first kappa shape index (κ1) is 12.6. The summed E-state index contributed by atoms with van der Waals surface area (Å²) in [5, 5.41) is -0.140. The zero-order chi connectivity index (χ0) is 13.9. The fourth-order valence-corrected chi connectivity index (χ4v) is 5.60. The minimum absolute atomic E-state index is 0.0377. The molecule has 1 saturated carbocycles. The average molecular weight is 294 g/mol. The lowest BCUT2D eigenvalue weighted by Gasteiger charge is -2.42. The highest BCUT2D eigenvalue weighted by Gasteiger charge is 2.45. The quantitative estimate of drug-likeness (QED) is 0.809. The van der Waals surface area contributed by atoms with E-state index in [0.29, 0.717) is 19.6 Å². The number of fused-ring (bicyclic) bond motifs is 4. The van der Waals surface area contributed by atoms with Gasteiger partial charge in [0.15, 0.2) is 0 Å². The van der Waals surface area contributed by atoms with Gasteiger partial charge in [0, 0.05) is 37.3 Å². The maximum atomic E-state index is 12.4. The van der Waals surface area contributed by atoms with Crippen LogP contribution in [0.2, 0.25) is 0 Å². The molecule has 6 heteroatoms. The van der Waals surface area contributed by atoms with Gasteiger partial charge in [-0.15, -0.1) is 0 Å². The Morgan fingerprint density at radius 3 is 2.65 bits per heavy atom. The molecule has 0 aromatic carbocycles. The molecule has 3 aliphatic rings. The van der Waals surface area contributed by atoms with Crippen LogP contribution < -0.4 is 5.56 Å². The monoisotopic (exact) mass is 294 g/mol. The van der Waals surface area contributed by atoms with Crippen LogP contribution in [-0.2, 0) is 16.6 Å². The molecular weight excluding hydrogens is 276 g/mol. The molecule has 0 radical (unpaired) electrons. The zero-order valence-electron chi connectivity index (χ0n) is 11.2. The van der Waals surface area contributed by atoms with Gasteiger partial charge in [-0.25, -0.2) is 12.7 Å². The normalized spacial score (nSPS) is 30.0. The highest BCUT2D eigenvalue weighted by Crippen LogP contribution is 2.39. The Morgan fingerprint density at radius 1 is 1.10 bits per heavy atom. The Hall–Kier alpha value is -1.14. The van der Waals surface area contributed by atoms with E-state index in [-0.39, 0.29) is 22.6 Å². The molecule has 20 heavy (non-hydrogen) atoms. The maximum absolute atomic E-state index is 12.4. The van der Waals surface area contributed by atoms with Crippen LogP contribution in [0.15, 0.2) is 23.0 Å². The summed E-state index contributed by atoms with van der Waals surface area (Å²) >= 11 is 0. The molecule has 1 aromatic heterocycles. The minimum Gasteiger partial charge on any atom is -0.312 e. The third-order valence-electron chi connectivity index (χ3n) is 4.75. The number of pyridine rings is 1. The Kier molecular flexibility index (Phi) is 2.63. The summed E-state index contributed by atoms with van der Waals surface area (Å²) in [6.45, 7) is 1.77. The molecule has 5 nitrogen and oxygen atoms in total. The summed E-state index contributed by atoms with van der Waals surface area (Å²) in [7, 11) is -3.10. The fraction of sp³-hybridized carbons (Fsp3) is 0.643. The first-order valence-corrected chi connectivity index (χ1v) is 8.75. The van der Waals surface area contributed by atoms with E-state index in [1.54, 1.807) is 16.4 Å². The SMILES string of the molecule is O=c1cccc2n1C[C@H]1C[C@H]2CN(S(=O)(=O)C2CC2)C1. The predicted octanol–water partition coefficient (Wildman–Crippen LogP) is 0.760. The van der Waals surface area contributed by atoms with E-state index >= 15 is 0 Å². The van der Waals surface area contributed by atoms with E-state index in [1.165, 1.54) is 0 Å². The van der Waals surface area contributed by atoms with E-state index in [0.717, 1.165) is 25.0 Å². The second kappa shape index (κ2) is 4.18. The van der Waals surface area contributed by atoms with E-state index in [2.05, 4.69) is 0 Å². The number of piperidine rings is 1. The molecule has 1 aliphatic carbocycles. The van der Waals surface area contributed by atoms with E-state index < -0.39 is 10.0 Å². The van der Waals surface area contributed by atoms with Gasteiger partial charge in [0.25, 0.3) is 5.56 Å². The van der Waals surface area contributed by atoms with Gasteiger partial charge in [0.1, 0.15) is 0 Å². The van der Waals surface area contributed by atoms with E-state index in [4.69, 9.17) is 0 Å². The number of sulfonamides is 1. The largest absolute Gasteiger partial charge is 0.312 e. The summed E-state index contributed by atoms with van der Waals surface area (Å²) in [4.78, 5) is 11.9. The molecule has 1 aromatic rings. The van der Waals surface area contributed by atoms with Crippen molar-refractivity contribution in [2.24, 2.45) is 5.92 Å². The molecule has 3 heterocycles. The fourth-order valence-electron chi connectivity index (χ4n) is 3.64. The third-order valence-corrected chi connectivity index (χ3v) is 7.08. The van der Waals surface area contributed by atoms with Crippen LogP contribution >= 0.6 is 0 Å². The van der Waals surface area contributed by atoms with E-state index in [1.807, 2.05) is 10.6 Å². The van der Waals surface area contributed by atoms with Crippen molar-refractivity contribution in [2.45, 2.75) is 37.0 Å². The summed E-state index contributed by atoms with van der Waals surface area (Å²) in [5.74, 6) is 0.444. The second-order valence-electron chi connectivity index (χ2n) is 6.26. The number of nitrogens with zero attached hydrogens (tertiary/aromatic N) is 2. The van der Waals surface area contributed by atoms with Crippen molar-refractivity contribution in [3.8, 4) is 0 Å². The van der Waals surface area contributed by atoms with Crippen LogP contribution in [0.3, 0.4) is 0 Å². The van der Waals surface area contributed by atoms with Crippen LogP contribution in [0.1, 0.15) is 30.9 Å². The molecule has 0 amide bonds. The number of aromatic nitrogens is 1. The molecule has 2 bridgehead atoms. The molecule has 0 N–H and O–H groups in total. The average Bonchev–Trinajstić information content (AvgIpc) is 3.24. The lowest BCUT2D eigenvalue weighted by Crippen LogP contribution is -2.49. The van der Waals surface area contributed by atoms with Crippen molar-refractivity contribution in [1.29, 1.82) is 0 Å². The molecule has 0 spiro atoms. The van der Waals surface area contributed by atoms with Gasteiger partial charge in [0.2, 0.25) is 10.0 Å².